The van der Waals surface area contributed by atoms with E-state index in [9.17, 15) is 4.79 Å². The van der Waals surface area contributed by atoms with Gasteiger partial charge in [0.15, 0.2) is 0 Å². The molecule has 0 fully saturated rings. The van der Waals surface area contributed by atoms with Crippen LogP contribution in [0.4, 0.5) is 5.69 Å². The minimum absolute atomic E-state index is 0.124. The Morgan fingerprint density at radius 3 is 2.65 bits per heavy atom. The average Bonchev–Trinajstić information content (AvgIpc) is 2.47. The summed E-state index contributed by atoms with van der Waals surface area (Å²) in [5, 5.41) is 0.414. The van der Waals surface area contributed by atoms with Crippen LogP contribution >= 0.6 is 11.6 Å². The molecule has 5 heteroatoms. The van der Waals surface area contributed by atoms with Gasteiger partial charge in [-0.1, -0.05) is 11.6 Å². The van der Waals surface area contributed by atoms with Gasteiger partial charge in [-0.15, -0.1) is 0 Å². The maximum absolute atomic E-state index is 12.5. The number of carbonyl (C=O) groups excluding carboxylic acids is 1. The number of halogens is 1. The molecule has 0 spiro atoms. The minimum atomic E-state index is -0.124. The highest BCUT2D eigenvalue weighted by Crippen LogP contribution is 2.21. The summed E-state index contributed by atoms with van der Waals surface area (Å²) >= 11 is 6.08. The van der Waals surface area contributed by atoms with Crippen molar-refractivity contribution in [2.45, 2.75) is 13.5 Å². The molecule has 1 amide bonds. The summed E-state index contributed by atoms with van der Waals surface area (Å²) in [6.45, 7) is 3.04. The topological polar surface area (TPSA) is 59.2 Å². The summed E-state index contributed by atoms with van der Waals surface area (Å²) in [5.74, 6) is -0.124. The normalized spacial score (nSPS) is 10.3. The second-order valence-corrected chi connectivity index (χ2v) is 4.82. The predicted octanol–water partition coefficient (Wildman–Crippen LogP) is 2.98. The summed E-state index contributed by atoms with van der Waals surface area (Å²) in [6.07, 6.45) is 3.42. The fourth-order valence-electron chi connectivity index (χ4n) is 1.91. The van der Waals surface area contributed by atoms with Gasteiger partial charge in [-0.05, 0) is 42.8 Å². The number of hydrogen-bond donors (Lipinski definition) is 1. The Balaban J connectivity index is 2.23. The molecule has 0 aliphatic carbocycles. The maximum atomic E-state index is 12.5. The van der Waals surface area contributed by atoms with Gasteiger partial charge in [-0.3, -0.25) is 9.78 Å². The molecule has 0 aliphatic heterocycles. The van der Waals surface area contributed by atoms with Crippen LogP contribution in [0.3, 0.4) is 0 Å². The number of rotatable bonds is 4. The van der Waals surface area contributed by atoms with Crippen molar-refractivity contribution in [1.82, 2.24) is 9.88 Å². The summed E-state index contributed by atoms with van der Waals surface area (Å²) in [4.78, 5) is 18.2. The van der Waals surface area contributed by atoms with E-state index in [4.69, 9.17) is 17.3 Å². The third-order valence-corrected chi connectivity index (χ3v) is 3.34. The number of anilines is 1. The van der Waals surface area contributed by atoms with E-state index in [2.05, 4.69) is 4.98 Å². The highest BCUT2D eigenvalue weighted by atomic mass is 35.5. The molecule has 1 aromatic heterocycles. The second-order valence-electron chi connectivity index (χ2n) is 4.41. The standard InChI is InChI=1S/C15H16ClN3O/c1-2-19(10-11-5-7-18-8-6-11)15(20)13-9-12(17)3-4-14(13)16/h3-9H,2,10,17H2,1H3. The van der Waals surface area contributed by atoms with E-state index in [1.54, 1.807) is 35.5 Å². The molecule has 0 saturated carbocycles. The van der Waals surface area contributed by atoms with Gasteiger partial charge < -0.3 is 10.6 Å². The fraction of sp³-hybridized carbons (Fsp3) is 0.200. The van der Waals surface area contributed by atoms with Gasteiger partial charge in [0.1, 0.15) is 0 Å². The molecule has 0 radical (unpaired) electrons. The Morgan fingerprint density at radius 1 is 1.30 bits per heavy atom. The van der Waals surface area contributed by atoms with Crippen LogP contribution in [0.2, 0.25) is 5.02 Å². The lowest BCUT2D eigenvalue weighted by Crippen LogP contribution is -2.30. The Morgan fingerprint density at radius 2 is 2.00 bits per heavy atom. The molecule has 2 N–H and O–H groups in total. The molecular weight excluding hydrogens is 274 g/mol. The van der Waals surface area contributed by atoms with Crippen LogP contribution in [-0.2, 0) is 6.54 Å². The maximum Gasteiger partial charge on any atom is 0.255 e. The average molecular weight is 290 g/mol. The number of benzene rings is 1. The van der Waals surface area contributed by atoms with E-state index in [0.29, 0.717) is 29.4 Å². The number of nitrogen functional groups attached to an aromatic ring is 1. The number of nitrogens with two attached hydrogens (primary N) is 1. The molecule has 2 rings (SSSR count). The Kier molecular flexibility index (Phi) is 4.58. The zero-order valence-electron chi connectivity index (χ0n) is 11.2. The van der Waals surface area contributed by atoms with Crippen molar-refractivity contribution in [3.63, 3.8) is 0 Å². The van der Waals surface area contributed by atoms with Crippen LogP contribution in [0.15, 0.2) is 42.7 Å². The van der Waals surface area contributed by atoms with Crippen molar-refractivity contribution in [2.75, 3.05) is 12.3 Å². The van der Waals surface area contributed by atoms with Gasteiger partial charge in [-0.25, -0.2) is 0 Å². The second kappa shape index (κ2) is 6.39. The first-order chi connectivity index (χ1) is 9.61. The van der Waals surface area contributed by atoms with E-state index in [0.717, 1.165) is 5.56 Å². The third kappa shape index (κ3) is 3.27. The number of carbonyl (C=O) groups is 1. The Bertz CT molecular complexity index is 601. The van der Waals surface area contributed by atoms with Crippen LogP contribution in [0.25, 0.3) is 0 Å². The zero-order chi connectivity index (χ0) is 14.5. The highest BCUT2D eigenvalue weighted by Gasteiger charge is 2.17. The number of hydrogen-bond acceptors (Lipinski definition) is 3. The van der Waals surface area contributed by atoms with Gasteiger partial charge in [0.2, 0.25) is 0 Å². The summed E-state index contributed by atoms with van der Waals surface area (Å²) in [5.41, 5.74) is 7.70. The first-order valence-corrected chi connectivity index (χ1v) is 6.72. The largest absolute Gasteiger partial charge is 0.399 e. The van der Waals surface area contributed by atoms with Crippen molar-refractivity contribution in [2.24, 2.45) is 0 Å². The highest BCUT2D eigenvalue weighted by molar-refractivity contribution is 6.34. The van der Waals surface area contributed by atoms with Crippen LogP contribution in [-0.4, -0.2) is 22.3 Å². The number of nitrogens with zero attached hydrogens (tertiary/aromatic N) is 2. The summed E-state index contributed by atoms with van der Waals surface area (Å²) < 4.78 is 0. The lowest BCUT2D eigenvalue weighted by molar-refractivity contribution is 0.0753. The van der Waals surface area contributed by atoms with Crippen molar-refractivity contribution in [1.29, 1.82) is 0 Å². The Labute approximate surface area is 123 Å². The van der Waals surface area contributed by atoms with E-state index < -0.39 is 0 Å². The monoisotopic (exact) mass is 289 g/mol. The van der Waals surface area contributed by atoms with Gasteiger partial charge >= 0.3 is 0 Å². The molecule has 2 aromatic rings. The molecular formula is C15H16ClN3O. The minimum Gasteiger partial charge on any atom is -0.399 e. The molecule has 0 unspecified atom stereocenters. The molecule has 4 nitrogen and oxygen atoms in total. The van der Waals surface area contributed by atoms with Crippen LogP contribution in [0.5, 0.6) is 0 Å². The number of pyridine rings is 1. The SMILES string of the molecule is CCN(Cc1ccncc1)C(=O)c1cc(N)ccc1Cl. The molecule has 0 saturated heterocycles. The van der Waals surface area contributed by atoms with Crippen molar-refractivity contribution >= 4 is 23.2 Å². The zero-order valence-corrected chi connectivity index (χ0v) is 12.0. The van der Waals surface area contributed by atoms with E-state index in [-0.39, 0.29) is 5.91 Å². The Hall–Kier alpha value is -2.07. The van der Waals surface area contributed by atoms with Crippen LogP contribution in [0, 0.1) is 0 Å². The summed E-state index contributed by atoms with van der Waals surface area (Å²) in [7, 11) is 0. The molecule has 1 heterocycles. The van der Waals surface area contributed by atoms with Gasteiger partial charge in [0.25, 0.3) is 5.91 Å². The van der Waals surface area contributed by atoms with E-state index in [1.807, 2.05) is 19.1 Å². The third-order valence-electron chi connectivity index (χ3n) is 3.01. The van der Waals surface area contributed by atoms with Crippen LogP contribution < -0.4 is 5.73 Å². The number of amides is 1. The first-order valence-electron chi connectivity index (χ1n) is 6.35. The van der Waals surface area contributed by atoms with Crippen molar-refractivity contribution < 1.29 is 4.79 Å². The fourth-order valence-corrected chi connectivity index (χ4v) is 2.11. The molecule has 1 aromatic carbocycles. The molecule has 104 valence electrons. The van der Waals surface area contributed by atoms with Gasteiger partial charge in [0, 0.05) is 31.2 Å². The lowest BCUT2D eigenvalue weighted by atomic mass is 10.1. The van der Waals surface area contributed by atoms with Crippen molar-refractivity contribution in [3.05, 3.63) is 58.9 Å². The molecule has 0 atom stereocenters. The van der Waals surface area contributed by atoms with Crippen molar-refractivity contribution in [3.8, 4) is 0 Å². The van der Waals surface area contributed by atoms with E-state index >= 15 is 0 Å². The van der Waals surface area contributed by atoms with Gasteiger partial charge in [0.05, 0.1) is 10.6 Å². The molecule has 0 bridgehead atoms. The molecule has 0 aliphatic rings. The lowest BCUT2D eigenvalue weighted by Gasteiger charge is -2.21. The first kappa shape index (κ1) is 14.3. The summed E-state index contributed by atoms with van der Waals surface area (Å²) in [6, 6.07) is 8.70. The van der Waals surface area contributed by atoms with Crippen LogP contribution in [0.1, 0.15) is 22.8 Å². The van der Waals surface area contributed by atoms with E-state index in [1.165, 1.54) is 0 Å². The number of aromatic nitrogens is 1. The smallest absolute Gasteiger partial charge is 0.255 e. The molecule has 20 heavy (non-hydrogen) atoms. The van der Waals surface area contributed by atoms with Gasteiger partial charge in [-0.2, -0.15) is 0 Å². The predicted molar refractivity (Wildman–Crippen MR) is 80.5 cm³/mol. The quantitative estimate of drug-likeness (QED) is 0.880.